The summed E-state index contributed by atoms with van der Waals surface area (Å²) in [6.45, 7) is 5.52. The first-order valence-corrected chi connectivity index (χ1v) is 47.4. The molecule has 42 heteroatoms. The van der Waals surface area contributed by atoms with Crippen LogP contribution in [0.5, 0.6) is 40.2 Å². The van der Waals surface area contributed by atoms with Crippen LogP contribution in [-0.2, 0) is 128 Å². The third-order valence-corrected chi connectivity index (χ3v) is 26.0. The number of benzene rings is 7. The van der Waals surface area contributed by atoms with E-state index in [0.717, 1.165) is 62.7 Å². The summed E-state index contributed by atoms with van der Waals surface area (Å²) < 4.78 is 135. The predicted octanol–water partition coefficient (Wildman–Crippen LogP) is 5.94. The van der Waals surface area contributed by atoms with E-state index in [2.05, 4.69) is 30.9 Å². The number of rotatable bonds is 46. The maximum atomic E-state index is 14.3. The Kier molecular flexibility index (Phi) is 32.0. The van der Waals surface area contributed by atoms with Gasteiger partial charge in [-0.15, -0.1) is 13.5 Å². The molecule has 5 aliphatic rings. The van der Waals surface area contributed by atoms with Crippen molar-refractivity contribution in [2.75, 3.05) is 113 Å². The zero-order chi connectivity index (χ0) is 96.7. The molecule has 1 saturated heterocycles. The number of amides is 4. The molecule has 0 spiro atoms. The van der Waals surface area contributed by atoms with Crippen molar-refractivity contribution in [1.29, 1.82) is 0 Å². The average Bonchev–Trinajstić information content (AvgIpc) is 1.63. The van der Waals surface area contributed by atoms with E-state index >= 15 is 0 Å². The van der Waals surface area contributed by atoms with Crippen LogP contribution in [0.1, 0.15) is 114 Å². The number of sulfone groups is 1. The van der Waals surface area contributed by atoms with Crippen molar-refractivity contribution in [2.45, 2.75) is 126 Å². The van der Waals surface area contributed by atoms with E-state index < -0.39 is 75.0 Å². The first kappa shape index (κ1) is 98.6. The molecule has 3 aromatic heterocycles. The van der Waals surface area contributed by atoms with Gasteiger partial charge in [0.2, 0.25) is 6.29 Å². The van der Waals surface area contributed by atoms with Crippen LogP contribution >= 0.6 is 0 Å². The van der Waals surface area contributed by atoms with Gasteiger partial charge < -0.3 is 115 Å². The molecule has 7 aromatic carbocycles. The first-order valence-electron chi connectivity index (χ1n) is 44.4. The molecule has 0 saturated carbocycles. The van der Waals surface area contributed by atoms with E-state index in [-0.39, 0.29) is 130 Å². The number of ether oxygens (including phenoxy) is 11. The Morgan fingerprint density at radius 1 is 0.547 bits per heavy atom. The number of imidazole rings is 2. The van der Waals surface area contributed by atoms with Gasteiger partial charge in [-0.25, -0.2) is 23.1 Å². The Morgan fingerprint density at radius 3 is 1.64 bits per heavy atom. The van der Waals surface area contributed by atoms with Crippen molar-refractivity contribution in [3.63, 3.8) is 0 Å². The Balaban J connectivity index is 0.514. The van der Waals surface area contributed by atoms with Crippen LogP contribution in [0.25, 0.3) is 0 Å². The largest absolute Gasteiger partial charge is 0.501 e. The fraction of sp³-hybridized carbons (Fsp3) is 0.400. The number of ketones is 1. The minimum absolute atomic E-state index is 0.00652. The third-order valence-electron chi connectivity index (χ3n) is 23.5. The van der Waals surface area contributed by atoms with Gasteiger partial charge in [-0.3, -0.25) is 34.0 Å². The van der Waals surface area contributed by atoms with Crippen LogP contribution < -0.4 is 42.7 Å². The Bertz CT molecular complexity index is 6130. The van der Waals surface area contributed by atoms with Gasteiger partial charge in [-0.05, 0) is 115 Å². The minimum atomic E-state index is -5.11. The maximum Gasteiger partial charge on any atom is 0.501 e. The number of nitrogens with one attached hydrogen (secondary N) is 2. The van der Waals surface area contributed by atoms with Crippen LogP contribution in [-0.4, -0.2) is 283 Å². The summed E-state index contributed by atoms with van der Waals surface area (Å²) in [5.41, 5.74) is 10.4. The molecule has 4 amide bonds. The van der Waals surface area contributed by atoms with Crippen LogP contribution in [0.15, 0.2) is 167 Å². The van der Waals surface area contributed by atoms with Gasteiger partial charge in [0, 0.05) is 110 Å². The lowest BCUT2D eigenvalue weighted by molar-refractivity contribution is -0.916. The Morgan fingerprint density at radius 2 is 1.07 bits per heavy atom. The molecule has 7 atom stereocenters. The van der Waals surface area contributed by atoms with Crippen LogP contribution in [0.4, 0.5) is 11.4 Å². The number of aliphatic hydroxyl groups is 4. The van der Waals surface area contributed by atoms with Crippen LogP contribution in [0.2, 0.25) is 0 Å². The van der Waals surface area contributed by atoms with Gasteiger partial charge in [0.25, 0.3) is 23.6 Å². The molecule has 0 radical (unpaired) electrons. The SMILES string of the molecule is COc1cc2c(cc1OCc1cc(COc3cc4c(cc3OC)C(=O)N3Cc5ncn(C)c5C[C@H]3C=N4)cc(C[N+](C)(C)Cc3ccc(OS(=O)(=O)Oc4cc(C(=O)NCCOCCn5cc(COCCOCCOCCOCCNC(=O)c6ccc(C(=O)CCS(=O)(=O)c7ccc(C)cc7)cc6)nn5)ccc4OC4O[C@H](CO)[C@H](O)[C@H](O)[C@H]4O)cc3)c1)N=C[C@@H]1Cc3c(ncn3C)CN1C2=O. The quantitative estimate of drug-likeness (QED) is 0.0146. The monoisotopic (exact) mass is 1930 g/mol. The second kappa shape index (κ2) is 44.5. The molecule has 1 fully saturated rings. The lowest BCUT2D eigenvalue weighted by Crippen LogP contribution is -2.60. The number of aliphatic hydroxyl groups excluding tert-OH is 4. The summed E-state index contributed by atoms with van der Waals surface area (Å²) in [6.07, 6.45) is 0.938. The van der Waals surface area contributed by atoms with Gasteiger partial charge in [0.05, 0.1) is 196 Å². The van der Waals surface area contributed by atoms with E-state index in [1.165, 1.54) is 68.8 Å². The first-order chi connectivity index (χ1) is 65.9. The molecular formula is C95H109N14O26S2+. The molecule has 10 aromatic rings. The number of aromatic nitrogens is 7. The summed E-state index contributed by atoms with van der Waals surface area (Å²) in [5, 5.41) is 55.7. The molecule has 6 N–H and O–H groups in total. The van der Waals surface area contributed by atoms with E-state index in [0.29, 0.717) is 139 Å². The number of carbonyl (C=O) groups excluding carboxylic acids is 5. The number of Topliss-reactive ketones (excluding diaryl/α,β-unsaturated/α-hetero) is 1. The van der Waals surface area contributed by atoms with Gasteiger partial charge in [0.1, 0.15) is 62.2 Å². The topological polar surface area (TPSA) is 476 Å². The smallest absolute Gasteiger partial charge is 0.493 e. The summed E-state index contributed by atoms with van der Waals surface area (Å²) in [6, 6.07) is 34.3. The lowest BCUT2D eigenvalue weighted by Gasteiger charge is -2.39. The Labute approximate surface area is 790 Å². The number of hydrogen-bond donors (Lipinski definition) is 6. The molecule has 726 valence electrons. The van der Waals surface area contributed by atoms with Crippen molar-refractivity contribution in [3.8, 4) is 40.2 Å². The number of aliphatic imine (C=N–C) groups is 2. The molecule has 40 nitrogen and oxygen atoms in total. The molecule has 1 unspecified atom stereocenters. The van der Waals surface area contributed by atoms with E-state index in [9.17, 15) is 61.2 Å². The minimum Gasteiger partial charge on any atom is -0.493 e. The zero-order valence-corrected chi connectivity index (χ0v) is 78.2. The van der Waals surface area contributed by atoms with E-state index in [1.807, 2.05) is 62.4 Å². The second-order valence-electron chi connectivity index (χ2n) is 34.1. The second-order valence-corrected chi connectivity index (χ2v) is 37.3. The molecular weight excluding hydrogens is 1820 g/mol. The van der Waals surface area contributed by atoms with E-state index in [4.69, 9.17) is 70.5 Å². The third kappa shape index (κ3) is 24.9. The molecule has 8 heterocycles. The summed E-state index contributed by atoms with van der Waals surface area (Å²) >= 11 is 0. The van der Waals surface area contributed by atoms with Gasteiger partial charge in [-0.2, -0.15) is 0 Å². The van der Waals surface area contributed by atoms with Crippen molar-refractivity contribution >= 4 is 73.5 Å². The fourth-order valence-corrected chi connectivity index (χ4v) is 18.3. The maximum absolute atomic E-state index is 14.3. The van der Waals surface area contributed by atoms with Gasteiger partial charge in [-0.1, -0.05) is 35.0 Å². The molecule has 0 aliphatic carbocycles. The van der Waals surface area contributed by atoms with Crippen molar-refractivity contribution in [1.82, 2.24) is 54.5 Å². The zero-order valence-electron chi connectivity index (χ0n) is 76.6. The van der Waals surface area contributed by atoms with Crippen molar-refractivity contribution in [2.24, 2.45) is 24.1 Å². The fourth-order valence-electron chi connectivity index (χ4n) is 16.3. The van der Waals surface area contributed by atoms with Gasteiger partial charge in [0.15, 0.2) is 50.1 Å². The normalized spacial score (nSPS) is 17.8. The van der Waals surface area contributed by atoms with E-state index in [1.54, 1.807) is 94.3 Å². The number of aryl methyl sites for hydroxylation is 3. The molecule has 0 bridgehead atoms. The van der Waals surface area contributed by atoms with Crippen molar-refractivity contribution in [3.05, 3.63) is 236 Å². The van der Waals surface area contributed by atoms with Crippen LogP contribution in [0.3, 0.4) is 0 Å². The molecule has 5 aliphatic heterocycles. The highest BCUT2D eigenvalue weighted by Crippen LogP contribution is 2.43. The number of nitrogens with zero attached hydrogens (tertiary/aromatic N) is 12. The average molecular weight is 1930 g/mol. The number of methoxy groups -OCH3 is 2. The number of fused-ring (bicyclic) bond motifs is 6. The van der Waals surface area contributed by atoms with Gasteiger partial charge >= 0.3 is 10.4 Å². The lowest BCUT2D eigenvalue weighted by atomic mass is 9.99. The highest BCUT2D eigenvalue weighted by atomic mass is 32.3. The number of hydrogen-bond acceptors (Lipinski definition) is 32. The standard InChI is InChI=1S/C95H108N14O26S2/c1-59-8-19-71(20-9-59)136(119,120)35-22-80(111)64-12-14-65(15-13-64)91(115)96-24-27-126-29-30-127-31-32-128-33-34-129-56-67-48-106(103-102-67)25-28-125-26-23-97-92(116)66-16-21-81(132-95-90(114)89(113)88(112)87(53-110)133-95)86(39-66)135-137(121,122)134-70-17-10-60(11-18-70)51-109(4,5)52-61-36-62(54-130-84-44-74-72(42-82(84)123-6)93(117)107-49-76-78(104(2)57-100-76)40-68(107)46-98-74)38-63(37-61)55-131-85-45-75-73(43-83(85)124-7)94(118)108-50-77-79(105(3)58-101-77)41-69(108)47-99-75/h8-21,36-39,42-48,57-58,68-69,87-90,95,110,112-114H,22-35,40-41,49-56H2,1-7H3,(H-,96,97,115,116)/p+1/t68-,69-,87+,88-,89-,90+,95?/m0/s1. The van der Waals surface area contributed by atoms with Crippen LogP contribution in [0, 0.1) is 6.92 Å². The number of quaternary nitrogens is 1. The highest BCUT2D eigenvalue weighted by Gasteiger charge is 2.46. The summed E-state index contributed by atoms with van der Waals surface area (Å²) in [4.78, 5) is 90.2. The summed E-state index contributed by atoms with van der Waals surface area (Å²) in [5.74, 6) is -2.01. The highest BCUT2D eigenvalue weighted by molar-refractivity contribution is 7.91. The molecule has 137 heavy (non-hydrogen) atoms. The number of carbonyl (C=O) groups is 5. The van der Waals surface area contributed by atoms with Crippen molar-refractivity contribution < 1.29 is 126 Å². The molecule has 15 rings (SSSR count). The predicted molar refractivity (Wildman–Crippen MR) is 492 cm³/mol. The Hall–Kier alpha value is -13.0. The summed E-state index contributed by atoms with van der Waals surface area (Å²) in [7, 11) is 2.19.